The Morgan fingerprint density at radius 2 is 1.69 bits per heavy atom. The number of amides is 2. The van der Waals surface area contributed by atoms with Crippen molar-refractivity contribution >= 4 is 34.6 Å². The molecule has 2 rings (SSSR count). The van der Waals surface area contributed by atoms with Gasteiger partial charge < -0.3 is 15.0 Å². The molecule has 1 N–H and O–H groups in total. The lowest BCUT2D eigenvalue weighted by Gasteiger charge is -2.38. The number of esters is 1. The summed E-state index contributed by atoms with van der Waals surface area (Å²) >= 11 is 1.28. The van der Waals surface area contributed by atoms with Gasteiger partial charge in [-0.25, -0.2) is 4.79 Å². The van der Waals surface area contributed by atoms with Gasteiger partial charge in [0.2, 0.25) is 6.41 Å². The molecule has 1 heterocycles. The van der Waals surface area contributed by atoms with Crippen LogP contribution in [0, 0.1) is 6.92 Å². The summed E-state index contributed by atoms with van der Waals surface area (Å²) in [6.07, 6.45) is 1.13. The molecule has 7 heteroatoms. The van der Waals surface area contributed by atoms with Crippen molar-refractivity contribution in [2.24, 2.45) is 0 Å². The standard InChI is InChI=1S/C23H30N2O4S.C2H6/c1-16-14-30-19(24-15-26)18(16)20(27)25(13-12-17-10-8-7-9-11-17)23(5,6)21(28)29-22(2,3)4;1-2/h7-11,14-15H,12-13H2,1-6H3,(H,24,26);1-2H3. The van der Waals surface area contributed by atoms with Gasteiger partial charge in [0.25, 0.3) is 5.91 Å². The van der Waals surface area contributed by atoms with Crippen molar-refractivity contribution in [1.29, 1.82) is 0 Å². The Labute approximate surface area is 196 Å². The summed E-state index contributed by atoms with van der Waals surface area (Å²) < 4.78 is 5.61. The van der Waals surface area contributed by atoms with Gasteiger partial charge >= 0.3 is 5.97 Å². The number of ether oxygens (including phenoxy) is 1. The first kappa shape index (κ1) is 27.4. The van der Waals surface area contributed by atoms with E-state index in [0.717, 1.165) is 11.1 Å². The molecule has 0 saturated carbocycles. The van der Waals surface area contributed by atoms with Crippen LogP contribution in [0.25, 0.3) is 0 Å². The fraction of sp³-hybridized carbons (Fsp3) is 0.480. The van der Waals surface area contributed by atoms with Crippen LogP contribution in [0.5, 0.6) is 0 Å². The van der Waals surface area contributed by atoms with Crippen LogP contribution in [0.15, 0.2) is 35.7 Å². The highest BCUT2D eigenvalue weighted by atomic mass is 32.1. The summed E-state index contributed by atoms with van der Waals surface area (Å²) in [5, 5.41) is 4.88. The molecule has 0 atom stereocenters. The third kappa shape index (κ3) is 7.19. The largest absolute Gasteiger partial charge is 0.458 e. The molecule has 32 heavy (non-hydrogen) atoms. The minimum Gasteiger partial charge on any atom is -0.458 e. The van der Waals surface area contributed by atoms with E-state index in [1.165, 1.54) is 11.3 Å². The van der Waals surface area contributed by atoms with Gasteiger partial charge in [-0.15, -0.1) is 11.3 Å². The smallest absolute Gasteiger partial charge is 0.332 e. The molecule has 2 amide bonds. The molecule has 0 bridgehead atoms. The summed E-state index contributed by atoms with van der Waals surface area (Å²) in [7, 11) is 0. The van der Waals surface area contributed by atoms with Gasteiger partial charge in [-0.2, -0.15) is 0 Å². The zero-order chi connectivity index (χ0) is 24.5. The molecule has 6 nitrogen and oxygen atoms in total. The van der Waals surface area contributed by atoms with Gasteiger partial charge in [-0.05, 0) is 64.5 Å². The Bertz CT molecular complexity index is 898. The van der Waals surface area contributed by atoms with E-state index in [4.69, 9.17) is 4.74 Å². The van der Waals surface area contributed by atoms with Crippen molar-refractivity contribution < 1.29 is 19.1 Å². The topological polar surface area (TPSA) is 75.7 Å². The average Bonchev–Trinajstić information content (AvgIpc) is 3.09. The quantitative estimate of drug-likeness (QED) is 0.419. The predicted octanol–water partition coefficient (Wildman–Crippen LogP) is 5.46. The van der Waals surface area contributed by atoms with Crippen molar-refractivity contribution in [3.63, 3.8) is 0 Å². The third-order valence-corrected chi connectivity index (χ3v) is 5.69. The lowest BCUT2D eigenvalue weighted by Crippen LogP contribution is -2.55. The number of hydrogen-bond donors (Lipinski definition) is 1. The van der Waals surface area contributed by atoms with E-state index in [9.17, 15) is 14.4 Å². The Balaban J connectivity index is 0.00000249. The summed E-state index contributed by atoms with van der Waals surface area (Å²) in [6, 6.07) is 9.78. The zero-order valence-electron chi connectivity index (χ0n) is 20.4. The van der Waals surface area contributed by atoms with E-state index in [-0.39, 0.29) is 5.91 Å². The molecule has 0 saturated heterocycles. The molecule has 0 aliphatic rings. The van der Waals surface area contributed by atoms with Crippen LogP contribution in [0.2, 0.25) is 0 Å². The van der Waals surface area contributed by atoms with Gasteiger partial charge in [-0.3, -0.25) is 9.59 Å². The van der Waals surface area contributed by atoms with Crippen molar-refractivity contribution in [3.8, 4) is 0 Å². The minimum absolute atomic E-state index is 0.315. The Morgan fingerprint density at radius 1 is 1.09 bits per heavy atom. The molecule has 176 valence electrons. The summed E-state index contributed by atoms with van der Waals surface area (Å²) in [6.45, 7) is 14.9. The first-order valence-electron chi connectivity index (χ1n) is 10.8. The maximum absolute atomic E-state index is 13.6. The van der Waals surface area contributed by atoms with E-state index in [1.807, 2.05) is 56.5 Å². The molecule has 2 aromatic rings. The third-order valence-electron chi connectivity index (χ3n) is 4.66. The first-order chi connectivity index (χ1) is 15.0. The van der Waals surface area contributed by atoms with E-state index in [1.54, 1.807) is 39.5 Å². The number of nitrogens with one attached hydrogen (secondary N) is 1. The fourth-order valence-corrected chi connectivity index (χ4v) is 3.93. The molecule has 1 aromatic heterocycles. The molecule has 1 aromatic carbocycles. The van der Waals surface area contributed by atoms with E-state index >= 15 is 0 Å². The highest BCUT2D eigenvalue weighted by molar-refractivity contribution is 7.15. The van der Waals surface area contributed by atoms with E-state index in [0.29, 0.717) is 29.9 Å². The first-order valence-corrected chi connectivity index (χ1v) is 11.7. The van der Waals surface area contributed by atoms with Crippen molar-refractivity contribution in [2.45, 2.75) is 73.0 Å². The maximum Gasteiger partial charge on any atom is 0.332 e. The van der Waals surface area contributed by atoms with Gasteiger partial charge in [-0.1, -0.05) is 44.2 Å². The van der Waals surface area contributed by atoms with Gasteiger partial charge in [0.15, 0.2) is 0 Å². The van der Waals surface area contributed by atoms with Crippen molar-refractivity contribution in [2.75, 3.05) is 11.9 Å². The van der Waals surface area contributed by atoms with Crippen LogP contribution < -0.4 is 5.32 Å². The van der Waals surface area contributed by atoms with Gasteiger partial charge in [0, 0.05) is 6.54 Å². The monoisotopic (exact) mass is 460 g/mol. The van der Waals surface area contributed by atoms with Crippen LogP contribution in [0.4, 0.5) is 5.00 Å². The SMILES string of the molecule is CC.Cc1csc(NC=O)c1C(=O)N(CCc1ccccc1)C(C)(C)C(=O)OC(C)(C)C. The summed E-state index contributed by atoms with van der Waals surface area (Å²) in [5.74, 6) is -0.793. The molecular formula is C25H36N2O4S. The Kier molecular flexibility index (Phi) is 10.1. The number of anilines is 1. The number of carbonyl (C=O) groups excluding carboxylic acids is 3. The molecule has 0 unspecified atom stereocenters. The molecule has 0 radical (unpaired) electrons. The fourth-order valence-electron chi connectivity index (χ4n) is 3.04. The van der Waals surface area contributed by atoms with E-state index < -0.39 is 17.1 Å². The average molecular weight is 461 g/mol. The maximum atomic E-state index is 13.6. The predicted molar refractivity (Wildman–Crippen MR) is 131 cm³/mol. The van der Waals surface area contributed by atoms with Crippen LogP contribution in [0.1, 0.15) is 70.0 Å². The van der Waals surface area contributed by atoms with Gasteiger partial charge in [0.1, 0.15) is 16.1 Å². The van der Waals surface area contributed by atoms with Gasteiger partial charge in [0.05, 0.1) is 5.56 Å². The number of benzene rings is 1. The number of rotatable bonds is 8. The highest BCUT2D eigenvalue weighted by Gasteiger charge is 2.42. The van der Waals surface area contributed by atoms with Crippen molar-refractivity contribution in [1.82, 2.24) is 4.90 Å². The van der Waals surface area contributed by atoms with Crippen LogP contribution in [-0.2, 0) is 20.7 Å². The number of hydrogen-bond acceptors (Lipinski definition) is 5. The molecule has 0 aliphatic heterocycles. The molecule has 0 spiro atoms. The number of aryl methyl sites for hydroxylation is 1. The second-order valence-corrected chi connectivity index (χ2v) is 9.52. The van der Waals surface area contributed by atoms with Crippen LogP contribution in [0.3, 0.4) is 0 Å². The summed E-state index contributed by atoms with van der Waals surface area (Å²) in [5.41, 5.74) is 0.330. The van der Waals surface area contributed by atoms with E-state index in [2.05, 4.69) is 5.32 Å². The normalized spacial score (nSPS) is 11.1. The number of thiophene rings is 1. The van der Waals surface area contributed by atoms with Crippen LogP contribution >= 0.6 is 11.3 Å². The number of carbonyl (C=O) groups is 3. The number of nitrogens with zero attached hydrogens (tertiary/aromatic N) is 1. The van der Waals surface area contributed by atoms with Crippen LogP contribution in [-0.4, -0.2) is 40.9 Å². The lowest BCUT2D eigenvalue weighted by molar-refractivity contribution is -0.166. The molecule has 0 fully saturated rings. The molecule has 0 aliphatic carbocycles. The Morgan fingerprint density at radius 3 is 2.22 bits per heavy atom. The Hall–Kier alpha value is -2.67. The second kappa shape index (κ2) is 11.8. The molecular weight excluding hydrogens is 424 g/mol. The summed E-state index contributed by atoms with van der Waals surface area (Å²) in [4.78, 5) is 39.2. The minimum atomic E-state index is -1.20. The lowest BCUT2D eigenvalue weighted by atomic mass is 9.98. The van der Waals surface area contributed by atoms with Crippen molar-refractivity contribution in [3.05, 3.63) is 52.4 Å². The highest BCUT2D eigenvalue weighted by Crippen LogP contribution is 2.31. The second-order valence-electron chi connectivity index (χ2n) is 8.64. The zero-order valence-corrected chi connectivity index (χ0v) is 21.3.